The quantitative estimate of drug-likeness (QED) is 0.943. The molecule has 0 spiro atoms. The van der Waals surface area contributed by atoms with E-state index in [2.05, 4.69) is 11.4 Å². The van der Waals surface area contributed by atoms with Gasteiger partial charge in [-0.2, -0.15) is 0 Å². The van der Waals surface area contributed by atoms with Crippen molar-refractivity contribution in [2.75, 3.05) is 32.5 Å². The second-order valence-electron chi connectivity index (χ2n) is 6.63. The Balaban J connectivity index is 1.73. The van der Waals surface area contributed by atoms with E-state index in [1.807, 2.05) is 44.3 Å². The van der Waals surface area contributed by atoms with Crippen molar-refractivity contribution in [3.63, 3.8) is 0 Å². The highest BCUT2D eigenvalue weighted by Crippen LogP contribution is 2.27. The van der Waals surface area contributed by atoms with E-state index in [9.17, 15) is 9.59 Å². The van der Waals surface area contributed by atoms with Gasteiger partial charge in [-0.3, -0.25) is 4.79 Å². The van der Waals surface area contributed by atoms with E-state index in [4.69, 9.17) is 0 Å². The first kappa shape index (κ1) is 16.3. The lowest BCUT2D eigenvalue weighted by atomic mass is 10.0. The highest BCUT2D eigenvalue weighted by molar-refractivity contribution is 6.02. The summed E-state index contributed by atoms with van der Waals surface area (Å²) in [5, 5.41) is 5.18. The van der Waals surface area contributed by atoms with Crippen LogP contribution in [-0.4, -0.2) is 48.9 Å². The third kappa shape index (κ3) is 3.20. The van der Waals surface area contributed by atoms with E-state index < -0.39 is 0 Å². The van der Waals surface area contributed by atoms with Gasteiger partial charge >= 0.3 is 6.03 Å². The number of nitrogens with zero attached hydrogens (tertiary/aromatic N) is 2. The molecule has 1 saturated heterocycles. The van der Waals surface area contributed by atoms with E-state index in [0.29, 0.717) is 19.5 Å². The van der Waals surface area contributed by atoms with Crippen molar-refractivity contribution in [3.05, 3.63) is 42.0 Å². The molecule has 0 saturated carbocycles. The number of carbonyl (C=O) groups is 2. The lowest BCUT2D eigenvalue weighted by Crippen LogP contribution is -2.36. The summed E-state index contributed by atoms with van der Waals surface area (Å²) >= 11 is 0. The second-order valence-corrected chi connectivity index (χ2v) is 6.63. The van der Waals surface area contributed by atoms with Gasteiger partial charge in [0, 0.05) is 44.9 Å². The Labute approximate surface area is 142 Å². The number of carbonyl (C=O) groups excluding carboxylic acids is 2. The number of likely N-dealkylation sites (tertiary alicyclic amines) is 1. The van der Waals surface area contributed by atoms with Gasteiger partial charge in [0.25, 0.3) is 0 Å². The van der Waals surface area contributed by atoms with E-state index >= 15 is 0 Å². The topological polar surface area (TPSA) is 52.7 Å². The van der Waals surface area contributed by atoms with E-state index in [1.54, 1.807) is 16.8 Å². The maximum atomic E-state index is 12.6. The van der Waals surface area contributed by atoms with Gasteiger partial charge < -0.3 is 15.1 Å². The molecular formula is C19H23N3O2. The van der Waals surface area contributed by atoms with E-state index in [1.165, 1.54) is 0 Å². The van der Waals surface area contributed by atoms with Gasteiger partial charge in [-0.25, -0.2) is 4.79 Å². The molecule has 1 unspecified atom stereocenters. The molecule has 126 valence electrons. The maximum Gasteiger partial charge on any atom is 0.321 e. The summed E-state index contributed by atoms with van der Waals surface area (Å²) in [5.74, 6) is 0.352. The number of hydrogen-bond donors (Lipinski definition) is 1. The van der Waals surface area contributed by atoms with Crippen molar-refractivity contribution >= 4 is 28.4 Å². The summed E-state index contributed by atoms with van der Waals surface area (Å²) in [6.07, 6.45) is 0.515. The van der Waals surface area contributed by atoms with Crippen LogP contribution in [0.25, 0.3) is 10.8 Å². The van der Waals surface area contributed by atoms with Crippen LogP contribution in [0.3, 0.4) is 0 Å². The standard InChI is InChI=1S/C19H23N3O2/c1-13-8-9-15-6-4-5-7-16(15)18(13)20-19(24)22(3)12-14-10-17(23)21(2)11-14/h4-9,14H,10-12H2,1-3H3,(H,20,24). The van der Waals surface area contributed by atoms with Crippen LogP contribution in [0.5, 0.6) is 0 Å². The Hall–Kier alpha value is -2.56. The van der Waals surface area contributed by atoms with Gasteiger partial charge in [-0.05, 0) is 17.9 Å². The molecule has 5 nitrogen and oxygen atoms in total. The summed E-state index contributed by atoms with van der Waals surface area (Å²) in [4.78, 5) is 27.6. The zero-order valence-corrected chi connectivity index (χ0v) is 14.4. The summed E-state index contributed by atoms with van der Waals surface area (Å²) in [6, 6.07) is 11.9. The van der Waals surface area contributed by atoms with Crippen molar-refractivity contribution in [3.8, 4) is 0 Å². The van der Waals surface area contributed by atoms with Crippen molar-refractivity contribution in [1.29, 1.82) is 0 Å². The predicted octanol–water partition coefficient (Wildman–Crippen LogP) is 3.09. The number of aryl methyl sites for hydroxylation is 1. The third-order valence-electron chi connectivity index (χ3n) is 4.67. The van der Waals surface area contributed by atoms with Crippen molar-refractivity contribution in [1.82, 2.24) is 9.80 Å². The molecule has 0 radical (unpaired) electrons. The molecule has 1 heterocycles. The first-order chi connectivity index (χ1) is 11.5. The fraction of sp³-hybridized carbons (Fsp3) is 0.368. The van der Waals surface area contributed by atoms with Gasteiger partial charge in [-0.1, -0.05) is 36.4 Å². The van der Waals surface area contributed by atoms with Crippen LogP contribution in [0.15, 0.2) is 36.4 Å². The summed E-state index contributed by atoms with van der Waals surface area (Å²) in [7, 11) is 3.58. The van der Waals surface area contributed by atoms with Gasteiger partial charge in [0.1, 0.15) is 0 Å². The molecule has 2 aromatic rings. The second kappa shape index (κ2) is 6.51. The van der Waals surface area contributed by atoms with Crippen molar-refractivity contribution in [2.45, 2.75) is 13.3 Å². The molecule has 2 aromatic carbocycles. The molecule has 0 bridgehead atoms. The molecular weight excluding hydrogens is 302 g/mol. The summed E-state index contributed by atoms with van der Waals surface area (Å²) in [6.45, 7) is 3.28. The minimum atomic E-state index is -0.142. The van der Waals surface area contributed by atoms with Crippen LogP contribution in [0.4, 0.5) is 10.5 Å². The molecule has 3 rings (SSSR count). The van der Waals surface area contributed by atoms with Crippen LogP contribution in [-0.2, 0) is 4.79 Å². The Morgan fingerprint density at radius 3 is 2.75 bits per heavy atom. The molecule has 5 heteroatoms. The largest absolute Gasteiger partial charge is 0.345 e. The Morgan fingerprint density at radius 2 is 2.04 bits per heavy atom. The van der Waals surface area contributed by atoms with Gasteiger partial charge in [0.05, 0.1) is 5.69 Å². The van der Waals surface area contributed by atoms with E-state index in [0.717, 1.165) is 22.0 Å². The van der Waals surface area contributed by atoms with Crippen molar-refractivity contribution in [2.24, 2.45) is 5.92 Å². The Bertz CT molecular complexity index is 787. The minimum Gasteiger partial charge on any atom is -0.345 e. The molecule has 1 atom stereocenters. The summed E-state index contributed by atoms with van der Waals surface area (Å²) in [5.41, 5.74) is 1.88. The molecule has 24 heavy (non-hydrogen) atoms. The fourth-order valence-corrected chi connectivity index (χ4v) is 3.30. The summed E-state index contributed by atoms with van der Waals surface area (Å²) < 4.78 is 0. The number of benzene rings is 2. The lowest BCUT2D eigenvalue weighted by molar-refractivity contribution is -0.126. The maximum absolute atomic E-state index is 12.6. The first-order valence-corrected chi connectivity index (χ1v) is 8.20. The number of anilines is 1. The molecule has 1 N–H and O–H groups in total. The lowest BCUT2D eigenvalue weighted by Gasteiger charge is -2.22. The van der Waals surface area contributed by atoms with E-state index in [-0.39, 0.29) is 17.9 Å². The number of amides is 3. The number of rotatable bonds is 3. The monoisotopic (exact) mass is 325 g/mol. The van der Waals surface area contributed by atoms with Crippen LogP contribution >= 0.6 is 0 Å². The zero-order chi connectivity index (χ0) is 17.3. The van der Waals surface area contributed by atoms with Crippen LogP contribution in [0, 0.1) is 12.8 Å². The average molecular weight is 325 g/mol. The van der Waals surface area contributed by atoms with Crippen LogP contribution < -0.4 is 5.32 Å². The molecule has 1 fully saturated rings. The normalized spacial score (nSPS) is 17.4. The molecule has 0 aliphatic carbocycles. The molecule has 1 aliphatic heterocycles. The van der Waals surface area contributed by atoms with Crippen LogP contribution in [0.2, 0.25) is 0 Å². The van der Waals surface area contributed by atoms with Gasteiger partial charge in [-0.15, -0.1) is 0 Å². The average Bonchev–Trinajstić information content (AvgIpc) is 2.87. The van der Waals surface area contributed by atoms with Crippen molar-refractivity contribution < 1.29 is 9.59 Å². The number of urea groups is 1. The SMILES string of the molecule is Cc1ccc2ccccc2c1NC(=O)N(C)CC1CC(=O)N(C)C1. The Kier molecular flexibility index (Phi) is 4.42. The third-order valence-corrected chi connectivity index (χ3v) is 4.67. The zero-order valence-electron chi connectivity index (χ0n) is 14.4. The fourth-order valence-electron chi connectivity index (χ4n) is 3.30. The number of nitrogens with one attached hydrogen (secondary N) is 1. The minimum absolute atomic E-state index is 0.142. The molecule has 0 aromatic heterocycles. The highest BCUT2D eigenvalue weighted by atomic mass is 16.2. The smallest absolute Gasteiger partial charge is 0.321 e. The highest BCUT2D eigenvalue weighted by Gasteiger charge is 2.28. The van der Waals surface area contributed by atoms with Crippen LogP contribution in [0.1, 0.15) is 12.0 Å². The number of hydrogen-bond acceptors (Lipinski definition) is 2. The Morgan fingerprint density at radius 1 is 1.29 bits per heavy atom. The van der Waals surface area contributed by atoms with Gasteiger partial charge in [0.15, 0.2) is 0 Å². The predicted molar refractivity (Wildman–Crippen MR) is 96.1 cm³/mol. The molecule has 3 amide bonds. The molecule has 1 aliphatic rings. The number of fused-ring (bicyclic) bond motifs is 1. The van der Waals surface area contributed by atoms with Gasteiger partial charge in [0.2, 0.25) is 5.91 Å². The first-order valence-electron chi connectivity index (χ1n) is 8.20.